The minimum absolute atomic E-state index is 0.264. The van der Waals surface area contributed by atoms with Crippen LogP contribution >= 0.6 is 0 Å². The number of amides is 2. The van der Waals surface area contributed by atoms with Crippen molar-refractivity contribution in [2.24, 2.45) is 0 Å². The van der Waals surface area contributed by atoms with Crippen molar-refractivity contribution in [1.29, 1.82) is 5.41 Å². The Morgan fingerprint density at radius 2 is 1.66 bits per heavy atom. The van der Waals surface area contributed by atoms with Gasteiger partial charge in [-0.1, -0.05) is 30.7 Å². The summed E-state index contributed by atoms with van der Waals surface area (Å²) < 4.78 is 36.1. The van der Waals surface area contributed by atoms with Gasteiger partial charge >= 0.3 is 6.18 Å². The number of carbonyl (C=O) groups excluding carboxylic acids is 2. The van der Waals surface area contributed by atoms with E-state index >= 15 is 0 Å². The number of carbonyl (C=O) groups is 2. The Morgan fingerprint density at radius 3 is 2.02 bits per heavy atom. The van der Waals surface area contributed by atoms with Crippen molar-refractivity contribution >= 4 is 24.7 Å². The van der Waals surface area contributed by atoms with E-state index in [1.54, 1.807) is 11.0 Å². The van der Waals surface area contributed by atoms with Crippen molar-refractivity contribution in [3.8, 4) is 0 Å². The van der Waals surface area contributed by atoms with Gasteiger partial charge in [0.1, 0.15) is 0 Å². The summed E-state index contributed by atoms with van der Waals surface area (Å²) in [6.45, 7) is 9.86. The van der Waals surface area contributed by atoms with Gasteiger partial charge in [0.05, 0.1) is 5.56 Å². The zero-order chi connectivity index (χ0) is 32.6. The number of aryl methyl sites for hydroxylation is 1. The van der Waals surface area contributed by atoms with Gasteiger partial charge in [-0.25, -0.2) is 0 Å². The van der Waals surface area contributed by atoms with Crippen molar-refractivity contribution in [1.82, 2.24) is 20.9 Å². The smallest absolute Gasteiger partial charge is 0.388 e. The van der Waals surface area contributed by atoms with E-state index in [-0.39, 0.29) is 5.56 Å². The van der Waals surface area contributed by atoms with Crippen molar-refractivity contribution in [3.05, 3.63) is 64.7 Å². The highest BCUT2D eigenvalue weighted by Crippen LogP contribution is 2.31. The second-order valence-corrected chi connectivity index (χ2v) is 10.8. The van der Waals surface area contributed by atoms with Crippen molar-refractivity contribution in [3.63, 3.8) is 0 Å². The molecule has 11 heteroatoms. The first-order valence-electron chi connectivity index (χ1n) is 15.4. The fourth-order valence-corrected chi connectivity index (χ4v) is 4.63. The molecule has 5 rings (SSSR count). The highest BCUT2D eigenvalue weighted by Gasteiger charge is 2.31. The second-order valence-electron chi connectivity index (χ2n) is 10.8. The minimum atomic E-state index is -4.22. The van der Waals surface area contributed by atoms with Gasteiger partial charge in [0.2, 0.25) is 12.8 Å². The third kappa shape index (κ3) is 17.0. The molecule has 2 amide bonds. The largest absolute Gasteiger partial charge is 0.416 e. The molecule has 0 spiro atoms. The summed E-state index contributed by atoms with van der Waals surface area (Å²) in [6.07, 6.45) is 8.01. The fraction of sp³-hybridized carbons (Fsp3) is 0.545. The first kappa shape index (κ1) is 38.6. The first-order valence-corrected chi connectivity index (χ1v) is 15.4. The molecule has 8 nitrogen and oxygen atoms in total. The van der Waals surface area contributed by atoms with Crippen LogP contribution in [0.15, 0.2) is 42.5 Å². The van der Waals surface area contributed by atoms with Gasteiger partial charge in [-0.3, -0.25) is 9.59 Å². The van der Waals surface area contributed by atoms with E-state index in [0.29, 0.717) is 13.0 Å². The maximum atomic E-state index is 12.0. The van der Waals surface area contributed by atoms with E-state index in [0.717, 1.165) is 48.4 Å². The van der Waals surface area contributed by atoms with Crippen LogP contribution in [0, 0.1) is 12.3 Å². The molecule has 3 saturated heterocycles. The SMILES string of the molecule is C1CCNCC1.CC1CCCN1.CNc1ccc(CNC=O)cc1C=N.Cc1ccccc1C(F)(F)F.O=CN1CCCC1. The number of anilines is 1. The normalized spacial score (nSPS) is 17.0. The molecule has 3 fully saturated rings. The van der Waals surface area contributed by atoms with E-state index < -0.39 is 11.7 Å². The van der Waals surface area contributed by atoms with Gasteiger partial charge < -0.3 is 31.6 Å². The predicted octanol–water partition coefficient (Wildman–Crippen LogP) is 5.74. The number of alkyl halides is 3. The summed E-state index contributed by atoms with van der Waals surface area (Å²) in [4.78, 5) is 21.8. The van der Waals surface area contributed by atoms with Crippen LogP contribution in [0.25, 0.3) is 0 Å². The molecular weight excluding hydrogens is 569 g/mol. The monoisotopic (exact) mass is 620 g/mol. The molecule has 3 aliphatic heterocycles. The first-order chi connectivity index (χ1) is 21.2. The molecule has 0 radical (unpaired) electrons. The molecule has 2 aromatic rings. The quantitative estimate of drug-likeness (QED) is 0.209. The second kappa shape index (κ2) is 23.0. The number of likely N-dealkylation sites (tertiary alicyclic amines) is 1. The molecule has 2 aromatic carbocycles. The Labute approximate surface area is 261 Å². The number of nitrogens with zero attached hydrogens (tertiary/aromatic N) is 1. The molecule has 3 aliphatic rings. The van der Waals surface area contributed by atoms with Crippen LogP contribution in [0.1, 0.15) is 74.1 Å². The van der Waals surface area contributed by atoms with Gasteiger partial charge in [-0.05, 0) is 101 Å². The predicted molar refractivity (Wildman–Crippen MR) is 173 cm³/mol. The molecule has 1 unspecified atom stereocenters. The van der Waals surface area contributed by atoms with Crippen LogP contribution < -0.4 is 21.3 Å². The number of nitrogens with one attached hydrogen (secondary N) is 5. The molecule has 1 atom stereocenters. The average Bonchev–Trinajstić information content (AvgIpc) is 3.76. The molecule has 5 N–H and O–H groups in total. The molecule has 0 aliphatic carbocycles. The van der Waals surface area contributed by atoms with Crippen LogP contribution in [0.2, 0.25) is 0 Å². The molecule has 3 heterocycles. The zero-order valence-electron chi connectivity index (χ0n) is 26.4. The molecule has 0 aromatic heterocycles. The number of piperidine rings is 1. The Bertz CT molecular complexity index is 1060. The van der Waals surface area contributed by atoms with E-state index in [1.165, 1.54) is 89.9 Å². The number of hydrogen-bond acceptors (Lipinski definition) is 6. The summed E-state index contributed by atoms with van der Waals surface area (Å²) in [7, 11) is 1.81. The third-order valence-electron chi connectivity index (χ3n) is 7.18. The Kier molecular flexibility index (Phi) is 20.2. The van der Waals surface area contributed by atoms with Gasteiger partial charge in [-0.2, -0.15) is 13.2 Å². The fourth-order valence-electron chi connectivity index (χ4n) is 4.63. The summed E-state index contributed by atoms with van der Waals surface area (Å²) >= 11 is 0. The molecular formula is C33H51F3N6O2. The van der Waals surface area contributed by atoms with Gasteiger partial charge in [0.15, 0.2) is 0 Å². The van der Waals surface area contributed by atoms with Gasteiger partial charge in [0.25, 0.3) is 0 Å². The lowest BCUT2D eigenvalue weighted by molar-refractivity contribution is -0.138. The van der Waals surface area contributed by atoms with Crippen molar-refractivity contribution in [2.75, 3.05) is 45.1 Å². The highest BCUT2D eigenvalue weighted by atomic mass is 19.4. The lowest BCUT2D eigenvalue weighted by atomic mass is 10.1. The van der Waals surface area contributed by atoms with Crippen molar-refractivity contribution in [2.45, 2.75) is 77.6 Å². The van der Waals surface area contributed by atoms with Crippen LogP contribution in [0.3, 0.4) is 0 Å². The number of rotatable bonds is 6. The number of benzene rings is 2. The molecule has 0 saturated carbocycles. The summed E-state index contributed by atoms with van der Waals surface area (Å²) in [5, 5.41) is 19.4. The number of hydrogen-bond donors (Lipinski definition) is 5. The van der Waals surface area contributed by atoms with Crippen LogP contribution in [0.5, 0.6) is 0 Å². The molecule has 44 heavy (non-hydrogen) atoms. The van der Waals surface area contributed by atoms with Crippen LogP contribution in [-0.2, 0) is 22.3 Å². The standard InChI is InChI=1S/C10H13N3O.C8H7F3.C5H9NO.2C5H11N/c1-12-10-3-2-8(6-13-7-14)4-9(10)5-11;1-6-4-2-3-5-7(6)8(9,10)11;7-5-6-3-1-2-4-6;1-5-3-2-4-6-5;1-2-4-6-5-3-1/h2-5,7,11-12H,6H2,1H3,(H,13,14);2-5H,1H3;5H,1-4H2;5-6H,2-4H2,1H3;6H,1-5H2. The van der Waals surface area contributed by atoms with Crippen molar-refractivity contribution < 1.29 is 22.8 Å². The summed E-state index contributed by atoms with van der Waals surface area (Å²) in [5.41, 5.74) is 2.42. The van der Waals surface area contributed by atoms with E-state index in [4.69, 9.17) is 5.41 Å². The van der Waals surface area contributed by atoms with E-state index in [2.05, 4.69) is 28.2 Å². The molecule has 246 valence electrons. The number of halogens is 3. The maximum Gasteiger partial charge on any atom is 0.416 e. The third-order valence-corrected chi connectivity index (χ3v) is 7.18. The lowest BCUT2D eigenvalue weighted by Gasteiger charge is -2.08. The Hall–Kier alpha value is -3.44. The maximum absolute atomic E-state index is 12.0. The van der Waals surface area contributed by atoms with Gasteiger partial charge in [-0.15, -0.1) is 0 Å². The molecule has 0 bridgehead atoms. The zero-order valence-corrected chi connectivity index (χ0v) is 26.4. The summed E-state index contributed by atoms with van der Waals surface area (Å²) in [6, 6.07) is 12.0. The minimum Gasteiger partial charge on any atom is -0.388 e. The average molecular weight is 621 g/mol. The summed E-state index contributed by atoms with van der Waals surface area (Å²) in [5.74, 6) is 0. The Balaban J connectivity index is 0.000000287. The Morgan fingerprint density at radius 1 is 0.977 bits per heavy atom. The topological polar surface area (TPSA) is 109 Å². The highest BCUT2D eigenvalue weighted by molar-refractivity contribution is 5.86. The lowest BCUT2D eigenvalue weighted by Crippen LogP contribution is -2.21. The van der Waals surface area contributed by atoms with Gasteiger partial charge in [0, 0.05) is 50.2 Å². The van der Waals surface area contributed by atoms with E-state index in [9.17, 15) is 22.8 Å². The van der Waals surface area contributed by atoms with E-state index in [1.807, 2.05) is 25.2 Å². The van der Waals surface area contributed by atoms with Crippen LogP contribution in [-0.4, -0.2) is 69.7 Å². The van der Waals surface area contributed by atoms with Crippen LogP contribution in [0.4, 0.5) is 18.9 Å².